The Labute approximate surface area is 147 Å². The number of nitrogens with zero attached hydrogens (tertiary/aromatic N) is 2. The zero-order chi connectivity index (χ0) is 17.2. The molecule has 7 nitrogen and oxygen atoms in total. The van der Waals surface area contributed by atoms with E-state index in [4.69, 9.17) is 13.9 Å². The molecule has 0 unspecified atom stereocenters. The highest BCUT2D eigenvalue weighted by Gasteiger charge is 2.18. The van der Waals surface area contributed by atoms with E-state index in [-0.39, 0.29) is 18.7 Å². The molecule has 1 amide bonds. The molecule has 1 aromatic heterocycles. The van der Waals surface area contributed by atoms with Crippen molar-refractivity contribution in [1.29, 1.82) is 0 Å². The number of aromatic nitrogens is 2. The number of benzene rings is 2. The van der Waals surface area contributed by atoms with Crippen molar-refractivity contribution >= 4 is 23.7 Å². The third kappa shape index (κ3) is 3.16. The van der Waals surface area contributed by atoms with Crippen LogP contribution in [0.4, 0.5) is 6.01 Å². The Kier molecular flexibility index (Phi) is 4.02. The number of nitrogens with one attached hydrogen (secondary N) is 1. The smallest absolute Gasteiger partial charge is 0.322 e. The van der Waals surface area contributed by atoms with Crippen molar-refractivity contribution in [1.82, 2.24) is 10.2 Å². The normalized spacial score (nSPS) is 12.2. The molecule has 0 radical (unpaired) electrons. The third-order valence-corrected chi connectivity index (χ3v) is 4.36. The van der Waals surface area contributed by atoms with Crippen LogP contribution < -0.4 is 14.8 Å². The molecule has 0 fully saturated rings. The monoisotopic (exact) mass is 355 g/mol. The minimum atomic E-state index is -0.369. The van der Waals surface area contributed by atoms with Crippen molar-refractivity contribution in [2.45, 2.75) is 4.90 Å². The summed E-state index contributed by atoms with van der Waals surface area (Å²) in [6.07, 6.45) is 2.01. The molecule has 0 bridgehead atoms. The molecule has 25 heavy (non-hydrogen) atoms. The second kappa shape index (κ2) is 6.48. The maximum atomic E-state index is 12.3. The van der Waals surface area contributed by atoms with Crippen LogP contribution in [0.15, 0.2) is 51.8 Å². The third-order valence-electron chi connectivity index (χ3n) is 3.62. The summed E-state index contributed by atoms with van der Waals surface area (Å²) >= 11 is 1.65. The number of carbonyl (C=O) groups excluding carboxylic acids is 1. The minimum absolute atomic E-state index is 0.0339. The van der Waals surface area contributed by atoms with Crippen molar-refractivity contribution in [3.8, 4) is 23.0 Å². The van der Waals surface area contributed by atoms with Crippen molar-refractivity contribution < 1.29 is 18.7 Å². The molecule has 2 aromatic carbocycles. The summed E-state index contributed by atoms with van der Waals surface area (Å²) in [4.78, 5) is 13.4. The second-order valence-electron chi connectivity index (χ2n) is 5.16. The number of hydrogen-bond donors (Lipinski definition) is 1. The molecular weight excluding hydrogens is 342 g/mol. The average Bonchev–Trinajstić information content (AvgIpc) is 3.30. The van der Waals surface area contributed by atoms with Gasteiger partial charge < -0.3 is 13.9 Å². The summed E-state index contributed by atoms with van der Waals surface area (Å²) in [5, 5.41) is 10.4. The molecule has 2 heterocycles. The molecule has 3 aromatic rings. The summed E-state index contributed by atoms with van der Waals surface area (Å²) in [5.74, 6) is 1.12. The van der Waals surface area contributed by atoms with Gasteiger partial charge in [0.15, 0.2) is 11.5 Å². The van der Waals surface area contributed by atoms with Gasteiger partial charge in [-0.1, -0.05) is 5.10 Å². The van der Waals surface area contributed by atoms with Crippen LogP contribution >= 0.6 is 11.8 Å². The molecule has 0 aliphatic carbocycles. The van der Waals surface area contributed by atoms with Crippen molar-refractivity contribution in [2.24, 2.45) is 0 Å². The highest BCUT2D eigenvalue weighted by atomic mass is 32.2. The zero-order valence-corrected chi connectivity index (χ0v) is 14.0. The number of anilines is 1. The van der Waals surface area contributed by atoms with Gasteiger partial charge in [-0.05, 0) is 48.7 Å². The molecule has 1 aliphatic heterocycles. The van der Waals surface area contributed by atoms with Crippen LogP contribution in [0.2, 0.25) is 0 Å². The van der Waals surface area contributed by atoms with Gasteiger partial charge in [-0.15, -0.1) is 16.9 Å². The summed E-state index contributed by atoms with van der Waals surface area (Å²) in [7, 11) is 0. The van der Waals surface area contributed by atoms with E-state index in [2.05, 4.69) is 15.5 Å². The Morgan fingerprint density at radius 2 is 1.88 bits per heavy atom. The van der Waals surface area contributed by atoms with Gasteiger partial charge in [0.1, 0.15) is 0 Å². The fourth-order valence-corrected chi connectivity index (χ4v) is 2.74. The second-order valence-corrected chi connectivity index (χ2v) is 6.04. The molecule has 0 spiro atoms. The number of rotatable bonds is 4. The molecule has 1 N–H and O–H groups in total. The van der Waals surface area contributed by atoms with E-state index in [0.29, 0.717) is 23.0 Å². The van der Waals surface area contributed by atoms with Gasteiger partial charge in [0.05, 0.1) is 0 Å². The summed E-state index contributed by atoms with van der Waals surface area (Å²) in [6, 6.07) is 12.7. The predicted molar refractivity (Wildman–Crippen MR) is 92.0 cm³/mol. The van der Waals surface area contributed by atoms with Gasteiger partial charge in [-0.3, -0.25) is 10.1 Å². The first-order valence-electron chi connectivity index (χ1n) is 7.42. The van der Waals surface area contributed by atoms with Gasteiger partial charge in [-0.25, -0.2) is 0 Å². The van der Waals surface area contributed by atoms with Crippen LogP contribution in [0.5, 0.6) is 11.5 Å². The number of ether oxygens (including phenoxy) is 2. The fraction of sp³-hybridized carbons (Fsp3) is 0.118. The fourth-order valence-electron chi connectivity index (χ4n) is 2.33. The van der Waals surface area contributed by atoms with Gasteiger partial charge in [-0.2, -0.15) is 0 Å². The van der Waals surface area contributed by atoms with Crippen LogP contribution in [-0.2, 0) is 0 Å². The van der Waals surface area contributed by atoms with Gasteiger partial charge in [0.2, 0.25) is 12.7 Å². The van der Waals surface area contributed by atoms with Gasteiger partial charge >= 0.3 is 6.01 Å². The lowest BCUT2D eigenvalue weighted by Gasteiger charge is -2.02. The first kappa shape index (κ1) is 15.5. The molecule has 1 aliphatic rings. The standard InChI is InChI=1S/C17H13N3O4S/c1-25-12-5-2-10(3-6-12)16-19-20-17(24-16)18-15(21)11-4-7-13-14(8-11)23-9-22-13/h2-8H,9H2,1H3,(H,18,20,21). The molecule has 8 heteroatoms. The molecule has 0 atom stereocenters. The largest absolute Gasteiger partial charge is 0.454 e. The Morgan fingerprint density at radius 3 is 2.68 bits per heavy atom. The maximum absolute atomic E-state index is 12.3. The van der Waals surface area contributed by atoms with E-state index < -0.39 is 0 Å². The maximum Gasteiger partial charge on any atom is 0.322 e. The van der Waals surface area contributed by atoms with Crippen LogP contribution in [0, 0.1) is 0 Å². The Bertz CT molecular complexity index is 924. The van der Waals surface area contributed by atoms with Crippen LogP contribution in [0.25, 0.3) is 11.5 Å². The van der Waals surface area contributed by atoms with Crippen molar-refractivity contribution in [3.63, 3.8) is 0 Å². The number of thioether (sulfide) groups is 1. The Balaban J connectivity index is 1.49. The first-order valence-corrected chi connectivity index (χ1v) is 8.64. The SMILES string of the molecule is CSc1ccc(-c2nnc(NC(=O)c3ccc4c(c3)OCO4)o2)cc1. The lowest BCUT2D eigenvalue weighted by atomic mass is 10.2. The molecule has 4 rings (SSSR count). The van der Waals surface area contributed by atoms with E-state index in [1.165, 1.54) is 0 Å². The number of fused-ring (bicyclic) bond motifs is 1. The predicted octanol–water partition coefficient (Wildman–Crippen LogP) is 3.44. The van der Waals surface area contributed by atoms with E-state index in [1.54, 1.807) is 30.0 Å². The van der Waals surface area contributed by atoms with Crippen molar-refractivity contribution in [3.05, 3.63) is 48.0 Å². The number of hydrogen-bond acceptors (Lipinski definition) is 7. The van der Waals surface area contributed by atoms with E-state index >= 15 is 0 Å². The first-order chi connectivity index (χ1) is 12.2. The number of amides is 1. The van der Waals surface area contributed by atoms with Crippen LogP contribution in [0.3, 0.4) is 0 Å². The summed E-state index contributed by atoms with van der Waals surface area (Å²) in [6.45, 7) is 0.156. The molecule has 0 saturated carbocycles. The van der Waals surface area contributed by atoms with E-state index in [9.17, 15) is 4.79 Å². The Hall–Kier alpha value is -3.00. The van der Waals surface area contributed by atoms with E-state index in [0.717, 1.165) is 10.5 Å². The van der Waals surface area contributed by atoms with Crippen LogP contribution in [-0.4, -0.2) is 29.2 Å². The lowest BCUT2D eigenvalue weighted by molar-refractivity contribution is 0.102. The van der Waals surface area contributed by atoms with E-state index in [1.807, 2.05) is 30.5 Å². The lowest BCUT2D eigenvalue weighted by Crippen LogP contribution is -2.12. The van der Waals surface area contributed by atoms with Crippen LogP contribution in [0.1, 0.15) is 10.4 Å². The van der Waals surface area contributed by atoms with Gasteiger partial charge in [0.25, 0.3) is 5.91 Å². The molecular formula is C17H13N3O4S. The Morgan fingerprint density at radius 1 is 1.08 bits per heavy atom. The van der Waals surface area contributed by atoms with Gasteiger partial charge in [0, 0.05) is 16.0 Å². The minimum Gasteiger partial charge on any atom is -0.454 e. The van der Waals surface area contributed by atoms with Crippen molar-refractivity contribution in [2.75, 3.05) is 18.4 Å². The summed E-state index contributed by atoms with van der Waals surface area (Å²) < 4.78 is 16.0. The number of carbonyl (C=O) groups is 1. The molecule has 0 saturated heterocycles. The topological polar surface area (TPSA) is 86.5 Å². The zero-order valence-electron chi connectivity index (χ0n) is 13.2. The highest BCUT2D eigenvalue weighted by Crippen LogP contribution is 2.32. The molecule has 126 valence electrons. The highest BCUT2D eigenvalue weighted by molar-refractivity contribution is 7.98. The summed E-state index contributed by atoms with van der Waals surface area (Å²) in [5.41, 5.74) is 1.20. The average molecular weight is 355 g/mol. The quantitative estimate of drug-likeness (QED) is 0.717.